The number of benzene rings is 2. The van der Waals surface area contributed by atoms with Crippen LogP contribution in [0.1, 0.15) is 18.1 Å². The van der Waals surface area contributed by atoms with Crippen molar-refractivity contribution < 1.29 is 31.1 Å². The zero-order chi connectivity index (χ0) is 30.8. The highest BCUT2D eigenvalue weighted by molar-refractivity contribution is 7.89. The van der Waals surface area contributed by atoms with Gasteiger partial charge in [-0.2, -0.15) is 4.31 Å². The minimum absolute atomic E-state index is 0.0415. The summed E-state index contributed by atoms with van der Waals surface area (Å²) in [4.78, 5) is 28.1. The summed E-state index contributed by atoms with van der Waals surface area (Å²) in [6.45, 7) is 5.99. The van der Waals surface area contributed by atoms with Gasteiger partial charge in [0.1, 0.15) is 23.1 Å². The highest BCUT2D eigenvalue weighted by Gasteiger charge is 2.41. The summed E-state index contributed by atoms with van der Waals surface area (Å²) in [5, 5.41) is 2.82. The Morgan fingerprint density at radius 1 is 1.05 bits per heavy atom. The molecule has 3 heterocycles. The van der Waals surface area contributed by atoms with Gasteiger partial charge in [-0.25, -0.2) is 18.4 Å². The van der Waals surface area contributed by atoms with Crippen molar-refractivity contribution in [3.05, 3.63) is 90.9 Å². The number of amides is 1. The Labute approximate surface area is 245 Å². The maximum atomic E-state index is 13.7. The number of hydrogen-bond acceptors (Lipinski definition) is 8. The standard InChI is InChI=1S/C29H27F3N6O4S/c1-19(2)21-5-3-20(4-6-21)15-35-28(39)26-18-37(27-17-34-25-16-33-12-11-24(25)36-27)13-14-38(26)43(40,41)23-9-7-22(8-10-23)42-29(30,31)32/h3-12,16-17,26H,1,13-15,18H2,2H3,(H,35,39)/t26-/m1/s1. The molecule has 14 heteroatoms. The van der Waals surface area contributed by atoms with E-state index in [9.17, 15) is 26.4 Å². The number of fused-ring (bicyclic) bond motifs is 1. The molecular weight excluding hydrogens is 585 g/mol. The number of ether oxygens (including phenoxy) is 1. The molecule has 43 heavy (non-hydrogen) atoms. The number of allylic oxidation sites excluding steroid dienone is 1. The first-order valence-electron chi connectivity index (χ1n) is 13.1. The normalized spacial score (nSPS) is 16.2. The van der Waals surface area contributed by atoms with E-state index in [2.05, 4.69) is 31.6 Å². The average molecular weight is 613 g/mol. The van der Waals surface area contributed by atoms with E-state index >= 15 is 0 Å². The molecule has 0 spiro atoms. The molecule has 1 amide bonds. The summed E-state index contributed by atoms with van der Waals surface area (Å²) < 4.78 is 70.2. The number of halogens is 3. The van der Waals surface area contributed by atoms with Crippen LogP contribution in [0.2, 0.25) is 0 Å². The van der Waals surface area contributed by atoms with Crippen molar-refractivity contribution in [3.63, 3.8) is 0 Å². The van der Waals surface area contributed by atoms with Gasteiger partial charge >= 0.3 is 6.36 Å². The van der Waals surface area contributed by atoms with E-state index in [1.54, 1.807) is 23.4 Å². The van der Waals surface area contributed by atoms with Gasteiger partial charge in [-0.1, -0.05) is 36.4 Å². The van der Waals surface area contributed by atoms with E-state index in [4.69, 9.17) is 0 Å². The van der Waals surface area contributed by atoms with Crippen molar-refractivity contribution in [1.82, 2.24) is 24.6 Å². The van der Waals surface area contributed by atoms with Gasteiger partial charge < -0.3 is 15.0 Å². The molecule has 1 fully saturated rings. The zero-order valence-corrected chi connectivity index (χ0v) is 23.8. The Morgan fingerprint density at radius 2 is 1.77 bits per heavy atom. The van der Waals surface area contributed by atoms with Crippen LogP contribution in [-0.2, 0) is 21.4 Å². The molecule has 4 aromatic rings. The predicted octanol–water partition coefficient (Wildman–Crippen LogP) is 4.15. The third-order valence-electron chi connectivity index (χ3n) is 6.87. The highest BCUT2D eigenvalue weighted by atomic mass is 32.2. The van der Waals surface area contributed by atoms with Gasteiger partial charge in [0.05, 0.1) is 22.8 Å². The maximum absolute atomic E-state index is 13.7. The van der Waals surface area contributed by atoms with Gasteiger partial charge in [0.2, 0.25) is 15.9 Å². The van der Waals surface area contributed by atoms with Crippen LogP contribution in [0.5, 0.6) is 5.75 Å². The number of anilines is 1. The zero-order valence-electron chi connectivity index (χ0n) is 23.0. The molecule has 1 N–H and O–H groups in total. The first kappa shape index (κ1) is 29.9. The van der Waals surface area contributed by atoms with Crippen LogP contribution >= 0.6 is 0 Å². The monoisotopic (exact) mass is 612 g/mol. The van der Waals surface area contributed by atoms with Gasteiger partial charge in [0, 0.05) is 32.4 Å². The lowest BCUT2D eigenvalue weighted by Crippen LogP contribution is -2.60. The number of nitrogens with one attached hydrogen (secondary N) is 1. The van der Waals surface area contributed by atoms with Crippen molar-refractivity contribution in [3.8, 4) is 5.75 Å². The molecule has 224 valence electrons. The molecule has 1 aliphatic rings. The minimum atomic E-state index is -4.92. The van der Waals surface area contributed by atoms with Crippen molar-refractivity contribution in [2.45, 2.75) is 30.8 Å². The highest BCUT2D eigenvalue weighted by Crippen LogP contribution is 2.28. The summed E-state index contributed by atoms with van der Waals surface area (Å²) in [5.41, 5.74) is 3.81. The molecule has 2 aromatic heterocycles. The number of rotatable bonds is 8. The molecular formula is C29H27F3N6O4S. The molecule has 10 nitrogen and oxygen atoms in total. The van der Waals surface area contributed by atoms with Gasteiger partial charge in [0.25, 0.3) is 0 Å². The lowest BCUT2D eigenvalue weighted by atomic mass is 10.1. The third-order valence-corrected chi connectivity index (χ3v) is 8.79. The summed E-state index contributed by atoms with van der Waals surface area (Å²) >= 11 is 0. The largest absolute Gasteiger partial charge is 0.573 e. The van der Waals surface area contributed by atoms with E-state index in [0.29, 0.717) is 16.9 Å². The number of piperazine rings is 1. The Bertz CT molecular complexity index is 1750. The first-order valence-corrected chi connectivity index (χ1v) is 14.6. The van der Waals surface area contributed by atoms with Crippen molar-refractivity contribution in [2.24, 2.45) is 0 Å². The summed E-state index contributed by atoms with van der Waals surface area (Å²) in [6, 6.07) is 11.8. The number of sulfonamides is 1. The molecule has 0 aliphatic carbocycles. The smallest absolute Gasteiger partial charge is 0.406 e. The number of nitrogens with zero attached hydrogens (tertiary/aromatic N) is 5. The van der Waals surface area contributed by atoms with Crippen LogP contribution in [0, 0.1) is 0 Å². The van der Waals surface area contributed by atoms with E-state index < -0.39 is 34.1 Å². The van der Waals surface area contributed by atoms with Gasteiger partial charge in [-0.05, 0) is 48.4 Å². The Hall–Kier alpha value is -4.56. The van der Waals surface area contributed by atoms with E-state index in [0.717, 1.165) is 45.3 Å². The molecule has 5 rings (SSSR count). The second-order valence-corrected chi connectivity index (χ2v) is 11.8. The topological polar surface area (TPSA) is 118 Å². The molecule has 1 saturated heterocycles. The number of pyridine rings is 1. The average Bonchev–Trinajstić information content (AvgIpc) is 2.99. The van der Waals surface area contributed by atoms with Gasteiger partial charge in [0.15, 0.2) is 0 Å². The number of alkyl halides is 3. The summed E-state index contributed by atoms with van der Waals surface area (Å²) in [7, 11) is -4.30. The number of carbonyl (C=O) groups is 1. The summed E-state index contributed by atoms with van der Waals surface area (Å²) in [6.07, 6.45) is -0.241. The second kappa shape index (κ2) is 12.0. The molecule has 0 bridgehead atoms. The predicted molar refractivity (Wildman–Crippen MR) is 153 cm³/mol. The molecule has 0 saturated carbocycles. The van der Waals surface area contributed by atoms with Crippen LogP contribution in [0.25, 0.3) is 16.6 Å². The van der Waals surface area contributed by atoms with E-state index in [1.165, 1.54) is 6.20 Å². The molecule has 1 atom stereocenters. The lowest BCUT2D eigenvalue weighted by molar-refractivity contribution is -0.274. The van der Waals surface area contributed by atoms with Crippen molar-refractivity contribution in [1.29, 1.82) is 0 Å². The fourth-order valence-corrected chi connectivity index (χ4v) is 6.21. The lowest BCUT2D eigenvalue weighted by Gasteiger charge is -2.40. The van der Waals surface area contributed by atoms with Gasteiger partial charge in [-0.3, -0.25) is 9.78 Å². The van der Waals surface area contributed by atoms with E-state index in [1.807, 2.05) is 31.2 Å². The summed E-state index contributed by atoms with van der Waals surface area (Å²) in [5.74, 6) is -0.655. The first-order chi connectivity index (χ1) is 20.4. The fraction of sp³-hybridized carbons (Fsp3) is 0.241. The molecule has 2 aromatic carbocycles. The molecule has 0 unspecified atom stereocenters. The quantitative estimate of drug-likeness (QED) is 0.316. The van der Waals surface area contributed by atoms with Crippen molar-refractivity contribution >= 4 is 38.4 Å². The third kappa shape index (κ3) is 6.92. The van der Waals surface area contributed by atoms with Crippen LogP contribution in [0.3, 0.4) is 0 Å². The van der Waals surface area contributed by atoms with Crippen LogP contribution in [0.15, 0.2) is 84.7 Å². The Balaban J connectivity index is 1.41. The second-order valence-electron chi connectivity index (χ2n) is 9.88. The van der Waals surface area contributed by atoms with Crippen LogP contribution in [-0.4, -0.2) is 65.6 Å². The molecule has 1 aliphatic heterocycles. The van der Waals surface area contributed by atoms with Crippen LogP contribution in [0.4, 0.5) is 19.0 Å². The minimum Gasteiger partial charge on any atom is -0.406 e. The van der Waals surface area contributed by atoms with Crippen molar-refractivity contribution in [2.75, 3.05) is 24.5 Å². The number of aromatic nitrogens is 3. The van der Waals surface area contributed by atoms with E-state index in [-0.39, 0.29) is 31.1 Å². The van der Waals surface area contributed by atoms with Crippen LogP contribution < -0.4 is 15.0 Å². The SMILES string of the molecule is C=C(C)c1ccc(CNC(=O)[C@H]2CN(c3cnc4cnccc4n3)CCN2S(=O)(=O)c2ccc(OC(F)(F)F)cc2)cc1. The number of carbonyl (C=O) groups excluding carboxylic acids is 1. The van der Waals surface area contributed by atoms with Gasteiger partial charge in [-0.15, -0.1) is 13.2 Å². The Morgan fingerprint density at radius 3 is 2.44 bits per heavy atom. The fourth-order valence-electron chi connectivity index (χ4n) is 4.64. The maximum Gasteiger partial charge on any atom is 0.573 e. The Kier molecular flexibility index (Phi) is 8.33. The number of hydrogen-bond donors (Lipinski definition) is 1. The molecule has 0 radical (unpaired) electrons.